The minimum absolute atomic E-state index is 0.499. The van der Waals surface area contributed by atoms with E-state index in [4.69, 9.17) is 0 Å². The maximum atomic E-state index is 4.42. The van der Waals surface area contributed by atoms with Crippen LogP contribution in [0.25, 0.3) is 0 Å². The molecule has 0 heterocycles. The summed E-state index contributed by atoms with van der Waals surface area (Å²) in [5.74, 6) is 0.499. The van der Waals surface area contributed by atoms with E-state index >= 15 is 0 Å². The molecular formula is C15H23N. The summed E-state index contributed by atoms with van der Waals surface area (Å²) in [6.45, 7) is 17.9. The zero-order chi connectivity index (χ0) is 12.6. The zero-order valence-electron chi connectivity index (χ0n) is 10.8. The minimum atomic E-state index is 0.499. The van der Waals surface area contributed by atoms with Gasteiger partial charge in [0.05, 0.1) is 5.70 Å². The molecule has 0 aromatic heterocycles. The molecule has 88 valence electrons. The number of hydrogen-bond donors (Lipinski definition) is 0. The predicted molar refractivity (Wildman–Crippen MR) is 74.8 cm³/mol. The van der Waals surface area contributed by atoms with Crippen LogP contribution in [0.3, 0.4) is 0 Å². The normalized spacial score (nSPS) is 13.8. The fraction of sp³-hybridized carbons (Fsp3) is 0.400. The molecule has 0 aliphatic rings. The first-order chi connectivity index (χ1) is 7.54. The molecule has 0 saturated carbocycles. The molecule has 0 bridgehead atoms. The van der Waals surface area contributed by atoms with E-state index in [0.717, 1.165) is 29.7 Å². The van der Waals surface area contributed by atoms with E-state index in [1.807, 2.05) is 6.21 Å². The molecule has 0 saturated heterocycles. The van der Waals surface area contributed by atoms with Crippen molar-refractivity contribution in [1.29, 1.82) is 0 Å². The molecule has 0 aromatic rings. The van der Waals surface area contributed by atoms with Crippen LogP contribution in [0, 0.1) is 5.92 Å². The van der Waals surface area contributed by atoms with Crippen LogP contribution in [-0.4, -0.2) is 6.21 Å². The van der Waals surface area contributed by atoms with Gasteiger partial charge in [0, 0.05) is 6.21 Å². The van der Waals surface area contributed by atoms with Gasteiger partial charge in [-0.05, 0) is 23.5 Å². The second-order valence-electron chi connectivity index (χ2n) is 3.94. The lowest BCUT2D eigenvalue weighted by Gasteiger charge is -2.06. The Morgan fingerprint density at radius 2 is 1.94 bits per heavy atom. The predicted octanol–water partition coefficient (Wildman–Crippen LogP) is 4.70. The van der Waals surface area contributed by atoms with Crippen LogP contribution in [0.5, 0.6) is 0 Å². The SMILES string of the molecule is C=CC(=C)C(=C/C(C)CC)/N=C\C(=C)CC. The molecule has 0 fully saturated rings. The van der Waals surface area contributed by atoms with Crippen molar-refractivity contribution in [2.75, 3.05) is 0 Å². The fourth-order valence-electron chi connectivity index (χ4n) is 0.977. The van der Waals surface area contributed by atoms with Gasteiger partial charge in [-0.1, -0.05) is 59.1 Å². The Balaban J connectivity index is 4.89. The van der Waals surface area contributed by atoms with E-state index in [9.17, 15) is 0 Å². The summed E-state index contributed by atoms with van der Waals surface area (Å²) < 4.78 is 0. The second-order valence-corrected chi connectivity index (χ2v) is 3.94. The van der Waals surface area contributed by atoms with E-state index in [1.165, 1.54) is 0 Å². The Labute approximate surface area is 100.0 Å². The van der Waals surface area contributed by atoms with Crippen molar-refractivity contribution in [2.24, 2.45) is 10.9 Å². The smallest absolute Gasteiger partial charge is 0.0658 e. The van der Waals surface area contributed by atoms with E-state index in [1.54, 1.807) is 6.08 Å². The molecule has 1 heteroatoms. The Bertz CT molecular complexity index is 318. The lowest BCUT2D eigenvalue weighted by atomic mass is 10.1. The van der Waals surface area contributed by atoms with Crippen molar-refractivity contribution in [1.82, 2.24) is 0 Å². The first-order valence-electron chi connectivity index (χ1n) is 5.80. The van der Waals surface area contributed by atoms with E-state index in [2.05, 4.69) is 51.6 Å². The third-order valence-electron chi connectivity index (χ3n) is 2.50. The highest BCUT2D eigenvalue weighted by Gasteiger charge is 2.00. The molecule has 0 spiro atoms. The Morgan fingerprint density at radius 3 is 2.38 bits per heavy atom. The third kappa shape index (κ3) is 5.50. The zero-order valence-corrected chi connectivity index (χ0v) is 10.8. The second kappa shape index (κ2) is 7.86. The third-order valence-corrected chi connectivity index (χ3v) is 2.50. The number of rotatable bonds is 7. The van der Waals surface area contributed by atoms with Crippen molar-refractivity contribution in [2.45, 2.75) is 33.6 Å². The summed E-state index contributed by atoms with van der Waals surface area (Å²) in [6, 6.07) is 0. The molecule has 0 aliphatic heterocycles. The van der Waals surface area contributed by atoms with Crippen LogP contribution in [0.15, 0.2) is 53.7 Å². The van der Waals surface area contributed by atoms with Gasteiger partial charge in [-0.25, -0.2) is 0 Å². The number of allylic oxidation sites excluding steroid dienone is 3. The van der Waals surface area contributed by atoms with Gasteiger partial charge < -0.3 is 0 Å². The van der Waals surface area contributed by atoms with E-state index < -0.39 is 0 Å². The average Bonchev–Trinajstić information content (AvgIpc) is 2.32. The Kier molecular flexibility index (Phi) is 7.19. The first-order valence-corrected chi connectivity index (χ1v) is 5.80. The maximum absolute atomic E-state index is 4.42. The summed E-state index contributed by atoms with van der Waals surface area (Å²) in [6.07, 6.45) is 7.69. The number of nitrogens with zero attached hydrogens (tertiary/aromatic N) is 1. The Hall–Kier alpha value is -1.37. The highest BCUT2D eigenvalue weighted by Crippen LogP contribution is 2.15. The largest absolute Gasteiger partial charge is 0.256 e. The van der Waals surface area contributed by atoms with Crippen molar-refractivity contribution >= 4 is 6.21 Å². The number of aliphatic imine (C=N–C) groups is 1. The quantitative estimate of drug-likeness (QED) is 0.433. The van der Waals surface area contributed by atoms with Gasteiger partial charge in [0.15, 0.2) is 0 Å². The van der Waals surface area contributed by atoms with Gasteiger partial charge in [0.1, 0.15) is 0 Å². The van der Waals surface area contributed by atoms with Crippen LogP contribution in [0.1, 0.15) is 33.6 Å². The molecule has 0 rings (SSSR count). The summed E-state index contributed by atoms with van der Waals surface area (Å²) in [5, 5.41) is 0. The van der Waals surface area contributed by atoms with Crippen molar-refractivity contribution in [3.05, 3.63) is 48.7 Å². The molecule has 0 aromatic carbocycles. The molecule has 0 radical (unpaired) electrons. The topological polar surface area (TPSA) is 12.4 Å². The molecule has 0 amide bonds. The summed E-state index contributed by atoms with van der Waals surface area (Å²) >= 11 is 0. The van der Waals surface area contributed by atoms with Crippen LogP contribution in [0.2, 0.25) is 0 Å². The average molecular weight is 217 g/mol. The molecule has 1 atom stereocenters. The van der Waals surface area contributed by atoms with Gasteiger partial charge >= 0.3 is 0 Å². The summed E-state index contributed by atoms with van der Waals surface area (Å²) in [7, 11) is 0. The Morgan fingerprint density at radius 1 is 1.31 bits per heavy atom. The maximum Gasteiger partial charge on any atom is 0.0658 e. The molecule has 0 N–H and O–H groups in total. The molecule has 16 heavy (non-hydrogen) atoms. The summed E-state index contributed by atoms with van der Waals surface area (Å²) in [5.41, 5.74) is 2.78. The molecular weight excluding hydrogens is 194 g/mol. The molecule has 1 nitrogen and oxygen atoms in total. The van der Waals surface area contributed by atoms with Crippen LogP contribution in [-0.2, 0) is 0 Å². The van der Waals surface area contributed by atoms with Gasteiger partial charge in [-0.2, -0.15) is 0 Å². The highest BCUT2D eigenvalue weighted by atomic mass is 14.7. The van der Waals surface area contributed by atoms with Gasteiger partial charge in [0.25, 0.3) is 0 Å². The van der Waals surface area contributed by atoms with Gasteiger partial charge in [-0.15, -0.1) is 0 Å². The van der Waals surface area contributed by atoms with Gasteiger partial charge in [-0.3, -0.25) is 4.99 Å². The van der Waals surface area contributed by atoms with Crippen LogP contribution >= 0.6 is 0 Å². The molecule has 1 unspecified atom stereocenters. The van der Waals surface area contributed by atoms with E-state index in [-0.39, 0.29) is 0 Å². The summed E-state index contributed by atoms with van der Waals surface area (Å²) in [4.78, 5) is 4.42. The fourth-order valence-corrected chi connectivity index (χ4v) is 0.977. The van der Waals surface area contributed by atoms with Crippen molar-refractivity contribution < 1.29 is 0 Å². The van der Waals surface area contributed by atoms with Crippen LogP contribution in [0.4, 0.5) is 0 Å². The lowest BCUT2D eigenvalue weighted by Crippen LogP contribution is -1.91. The number of hydrogen-bond acceptors (Lipinski definition) is 1. The first kappa shape index (κ1) is 14.6. The monoisotopic (exact) mass is 217 g/mol. The van der Waals surface area contributed by atoms with Gasteiger partial charge in [0.2, 0.25) is 0 Å². The lowest BCUT2D eigenvalue weighted by molar-refractivity contribution is 0.693. The minimum Gasteiger partial charge on any atom is -0.256 e. The standard InChI is InChI=1S/C15H23N/c1-7-12(4)10-15(14(6)9-3)16-11-13(5)8-2/h9-12H,3,5-8H2,1-2,4H3/b15-10-,16-11-. The molecule has 0 aliphatic carbocycles. The van der Waals surface area contributed by atoms with E-state index in [0.29, 0.717) is 5.92 Å². The van der Waals surface area contributed by atoms with Crippen molar-refractivity contribution in [3.8, 4) is 0 Å². The highest BCUT2D eigenvalue weighted by molar-refractivity contribution is 5.78. The van der Waals surface area contributed by atoms with Crippen molar-refractivity contribution in [3.63, 3.8) is 0 Å². The van der Waals surface area contributed by atoms with Crippen LogP contribution < -0.4 is 0 Å².